The zero-order valence-electron chi connectivity index (χ0n) is 51.9. The fraction of sp³-hybridized carbons (Fsp3) is 0.556. The van der Waals surface area contributed by atoms with Gasteiger partial charge < -0.3 is 88.4 Å². The number of rotatable bonds is 45. The summed E-state index contributed by atoms with van der Waals surface area (Å²) in [5.74, 6) is -6.74. The molecule has 9 amide bonds. The molecule has 9 atom stereocenters. The number of hydrogen-bond acceptors (Lipinski definition) is 15. The van der Waals surface area contributed by atoms with Gasteiger partial charge in [0.2, 0.25) is 53.2 Å². The number of guanidine groups is 1. The van der Waals surface area contributed by atoms with Crippen LogP contribution in [0.3, 0.4) is 0 Å². The van der Waals surface area contributed by atoms with Gasteiger partial charge in [-0.05, 0) is 152 Å². The minimum Gasteiger partial charge on any atom is -0.370 e. The van der Waals surface area contributed by atoms with Crippen molar-refractivity contribution in [2.75, 3.05) is 32.7 Å². The molecule has 0 saturated carbocycles. The second kappa shape index (κ2) is 42.8. The van der Waals surface area contributed by atoms with Crippen LogP contribution in [0.25, 0.3) is 0 Å². The summed E-state index contributed by atoms with van der Waals surface area (Å²) in [6, 6.07) is 16.0. The van der Waals surface area contributed by atoms with Gasteiger partial charge in [-0.2, -0.15) is 0 Å². The molecular weight excluding hydrogens is 1140 g/mol. The number of nitrogens with zero attached hydrogens (tertiary/aromatic N) is 1. The van der Waals surface area contributed by atoms with E-state index in [0.717, 1.165) is 5.56 Å². The number of aliphatic imine (C=N–C) groups is 1. The van der Waals surface area contributed by atoms with Crippen molar-refractivity contribution in [3.8, 4) is 0 Å². The maximum atomic E-state index is 15.0. The van der Waals surface area contributed by atoms with E-state index >= 15 is 0 Å². The normalized spacial score (nSPS) is 14.2. The van der Waals surface area contributed by atoms with Crippen molar-refractivity contribution < 1.29 is 43.2 Å². The molecule has 492 valence electrons. The van der Waals surface area contributed by atoms with E-state index in [0.29, 0.717) is 82.1 Å². The summed E-state index contributed by atoms with van der Waals surface area (Å²) in [4.78, 5) is 132. The molecule has 3 rings (SSSR count). The van der Waals surface area contributed by atoms with Gasteiger partial charge in [-0.25, -0.2) is 0 Å². The molecule has 24 N–H and O–H groups in total. The Morgan fingerprint density at radius 1 is 0.360 bits per heavy atom. The van der Waals surface area contributed by atoms with E-state index in [1.807, 2.05) is 44.2 Å². The van der Waals surface area contributed by atoms with E-state index in [1.165, 1.54) is 0 Å². The van der Waals surface area contributed by atoms with E-state index in [-0.39, 0.29) is 89.2 Å². The van der Waals surface area contributed by atoms with Gasteiger partial charge in [-0.1, -0.05) is 105 Å². The van der Waals surface area contributed by atoms with Crippen LogP contribution in [0.5, 0.6) is 0 Å². The van der Waals surface area contributed by atoms with Crippen LogP contribution in [-0.2, 0) is 62.4 Å². The van der Waals surface area contributed by atoms with Crippen molar-refractivity contribution >= 4 is 59.1 Å². The second-order valence-corrected chi connectivity index (χ2v) is 22.8. The van der Waals surface area contributed by atoms with Crippen LogP contribution < -0.4 is 88.4 Å². The first-order valence-corrected chi connectivity index (χ1v) is 31.1. The summed E-state index contributed by atoms with van der Waals surface area (Å²) in [7, 11) is 0. The van der Waals surface area contributed by atoms with Gasteiger partial charge >= 0.3 is 0 Å². The fourth-order valence-corrected chi connectivity index (χ4v) is 9.80. The monoisotopic (exact) mass is 1240 g/mol. The quantitative estimate of drug-likeness (QED) is 0.0184. The smallest absolute Gasteiger partial charge is 0.243 e. The molecule has 0 fully saturated rings. The molecule has 0 spiro atoms. The van der Waals surface area contributed by atoms with E-state index in [1.54, 1.807) is 60.7 Å². The Labute approximate surface area is 523 Å². The zero-order valence-corrected chi connectivity index (χ0v) is 51.9. The lowest BCUT2D eigenvalue weighted by molar-refractivity contribution is -0.136. The van der Waals surface area contributed by atoms with Gasteiger partial charge in [0.15, 0.2) is 5.96 Å². The summed E-state index contributed by atoms with van der Waals surface area (Å²) < 4.78 is 0. The molecule has 26 nitrogen and oxygen atoms in total. The van der Waals surface area contributed by atoms with Crippen LogP contribution in [0.4, 0.5) is 0 Å². The highest BCUT2D eigenvalue weighted by Gasteiger charge is 2.35. The van der Waals surface area contributed by atoms with Gasteiger partial charge in [0, 0.05) is 19.4 Å². The number of nitrogens with two attached hydrogens (primary N) is 8. The molecule has 89 heavy (non-hydrogen) atoms. The summed E-state index contributed by atoms with van der Waals surface area (Å²) in [5.41, 5.74) is 48.5. The Hall–Kier alpha value is -8.04. The molecule has 0 saturated heterocycles. The molecule has 3 aromatic rings. The molecule has 3 aromatic carbocycles. The highest BCUT2D eigenvalue weighted by atomic mass is 16.2. The Morgan fingerprint density at radius 2 is 0.640 bits per heavy atom. The SMILES string of the molecule is CC(C)C[C@H](NC(=O)[C@H](CCCCN)NC(=O)[C@H](CCCN=C(N)N)NC(=O)[C@H](Cc1ccccc1)NC(=O)[C@H](Cc1ccccc1)NC(=O)[C@H](CCCCN)NC(=O)[C@H](CCCCN)NC(=O)[C@@H](N)Cc1ccccc1)C(=O)N[C@@H](CCCCN)C(N)=O. The third-order valence-corrected chi connectivity index (χ3v) is 14.7. The maximum Gasteiger partial charge on any atom is 0.243 e. The predicted octanol–water partition coefficient (Wildman–Crippen LogP) is -0.979. The lowest BCUT2D eigenvalue weighted by Crippen LogP contribution is -2.61. The minimum absolute atomic E-state index is 0.0537. The summed E-state index contributed by atoms with van der Waals surface area (Å²) in [6.45, 7) is 5.05. The minimum atomic E-state index is -1.39. The third kappa shape index (κ3) is 30.1. The molecule has 0 bridgehead atoms. The summed E-state index contributed by atoms with van der Waals surface area (Å²) >= 11 is 0. The number of carbonyl (C=O) groups is 9. The van der Waals surface area contributed by atoms with Gasteiger partial charge in [0.05, 0.1) is 6.04 Å². The van der Waals surface area contributed by atoms with Crippen molar-refractivity contribution in [1.82, 2.24) is 42.5 Å². The Kier molecular flexibility index (Phi) is 36.1. The first kappa shape index (κ1) is 75.2. The van der Waals surface area contributed by atoms with Gasteiger partial charge in [-0.15, -0.1) is 0 Å². The van der Waals surface area contributed by atoms with E-state index in [9.17, 15) is 43.2 Å². The summed E-state index contributed by atoms with van der Waals surface area (Å²) in [5, 5.41) is 22.4. The van der Waals surface area contributed by atoms with Crippen LogP contribution in [0.2, 0.25) is 0 Å². The Bertz CT molecular complexity index is 2650. The van der Waals surface area contributed by atoms with Gasteiger partial charge in [0.1, 0.15) is 48.3 Å². The molecule has 0 unspecified atom stereocenters. The second-order valence-electron chi connectivity index (χ2n) is 22.8. The lowest BCUT2D eigenvalue weighted by Gasteiger charge is -2.28. The number of unbranched alkanes of at least 4 members (excludes halogenated alkanes) is 4. The predicted molar refractivity (Wildman–Crippen MR) is 344 cm³/mol. The lowest BCUT2D eigenvalue weighted by atomic mass is 10.00. The van der Waals surface area contributed by atoms with Crippen LogP contribution >= 0.6 is 0 Å². The fourth-order valence-electron chi connectivity index (χ4n) is 9.80. The number of benzene rings is 3. The van der Waals surface area contributed by atoms with Crippen LogP contribution in [0, 0.1) is 5.92 Å². The topological polar surface area (TPSA) is 470 Å². The molecule has 0 aliphatic carbocycles. The third-order valence-electron chi connectivity index (χ3n) is 14.7. The van der Waals surface area contributed by atoms with E-state index < -0.39 is 108 Å². The molecule has 0 aliphatic rings. The number of hydrogen-bond donors (Lipinski definition) is 16. The van der Waals surface area contributed by atoms with E-state index in [4.69, 9.17) is 45.9 Å². The van der Waals surface area contributed by atoms with Crippen LogP contribution in [-0.4, -0.2) is 146 Å². The molecule has 26 heteroatoms. The first-order chi connectivity index (χ1) is 42.7. The first-order valence-electron chi connectivity index (χ1n) is 31.1. The van der Waals surface area contributed by atoms with Gasteiger partial charge in [0.25, 0.3) is 0 Å². The molecule has 0 heterocycles. The highest BCUT2D eigenvalue weighted by Crippen LogP contribution is 2.14. The van der Waals surface area contributed by atoms with E-state index in [2.05, 4.69) is 47.5 Å². The number of amides is 9. The van der Waals surface area contributed by atoms with Crippen LogP contribution in [0.1, 0.15) is 127 Å². The molecule has 0 aromatic heterocycles. The van der Waals surface area contributed by atoms with Crippen molar-refractivity contribution in [3.63, 3.8) is 0 Å². The number of primary amides is 1. The highest BCUT2D eigenvalue weighted by molar-refractivity contribution is 5.98. The van der Waals surface area contributed by atoms with Crippen molar-refractivity contribution in [2.45, 2.75) is 184 Å². The van der Waals surface area contributed by atoms with Crippen LogP contribution in [0.15, 0.2) is 96.0 Å². The average Bonchev–Trinajstić information content (AvgIpc) is 3.72. The standard InChI is InChI=1S/C63H101N17O9/c1-41(2)37-51(60(87)73-46(54(69)81)27-12-16-32-64)78-58(85)48(29-14-18-34-66)76-57(84)50(31-20-36-72-63(70)71)77-61(88)52(39-43-23-8-4-9-24-43)80-62(89)53(40-44-25-10-5-11-26-44)79-59(86)49(30-15-19-35-67)75-56(83)47(28-13-17-33-65)74-55(82)45(68)38-42-21-6-3-7-22-42/h3-11,21-26,41,45-53H,12-20,27-40,64-68H2,1-2H3,(H2,69,81)(H,73,87)(H,74,82)(H,75,83)(H,76,84)(H,77,88)(H,78,85)(H,79,86)(H,80,89)(H4,70,71,72)/t45-,46-,47-,48-,49-,50-,51-,52-,53-/m0/s1. The number of nitrogens with one attached hydrogen (secondary N) is 8. The zero-order chi connectivity index (χ0) is 65.5. The number of carbonyl (C=O) groups excluding carboxylic acids is 9. The Morgan fingerprint density at radius 3 is 0.978 bits per heavy atom. The van der Waals surface area contributed by atoms with Gasteiger partial charge in [-0.3, -0.25) is 48.1 Å². The molecule has 0 radical (unpaired) electrons. The maximum absolute atomic E-state index is 15.0. The van der Waals surface area contributed by atoms with Crippen molar-refractivity contribution in [1.29, 1.82) is 0 Å². The molecule has 0 aliphatic heterocycles. The van der Waals surface area contributed by atoms with Crippen molar-refractivity contribution in [2.24, 2.45) is 56.8 Å². The molecular formula is C63H101N17O9. The largest absolute Gasteiger partial charge is 0.370 e. The Balaban J connectivity index is 2.02. The van der Waals surface area contributed by atoms with Crippen molar-refractivity contribution in [3.05, 3.63) is 108 Å². The summed E-state index contributed by atoms with van der Waals surface area (Å²) in [6.07, 6.45) is 4.84. The average molecular weight is 1240 g/mol.